The van der Waals surface area contributed by atoms with Gasteiger partial charge < -0.3 is 25.0 Å². The SMILES string of the molecule is C=CC(=O)N1CCC[C@@H]1COC(=O)N[C@@H](Cc1ccc(C)cc1)B(O)O. The van der Waals surface area contributed by atoms with Crippen LogP contribution in [0.5, 0.6) is 0 Å². The maximum atomic E-state index is 12.0. The van der Waals surface area contributed by atoms with Gasteiger partial charge in [-0.05, 0) is 37.8 Å². The average Bonchev–Trinajstić information content (AvgIpc) is 3.09. The predicted molar refractivity (Wildman–Crippen MR) is 98.3 cm³/mol. The molecule has 0 spiro atoms. The Balaban J connectivity index is 1.86. The van der Waals surface area contributed by atoms with Crippen molar-refractivity contribution in [3.63, 3.8) is 0 Å². The third-order valence-electron chi connectivity index (χ3n) is 4.48. The van der Waals surface area contributed by atoms with Crippen molar-refractivity contribution in [2.75, 3.05) is 13.2 Å². The number of carbonyl (C=O) groups is 2. The predicted octanol–water partition coefficient (Wildman–Crippen LogP) is 0.821. The Hall–Kier alpha value is -2.32. The Labute approximate surface area is 153 Å². The maximum Gasteiger partial charge on any atom is 0.475 e. The molecule has 1 fully saturated rings. The van der Waals surface area contributed by atoms with Gasteiger partial charge in [0.15, 0.2) is 0 Å². The molecule has 0 aliphatic carbocycles. The van der Waals surface area contributed by atoms with Gasteiger partial charge in [0.25, 0.3) is 0 Å². The molecule has 1 aliphatic heterocycles. The second-order valence-corrected chi connectivity index (χ2v) is 6.48. The quantitative estimate of drug-likeness (QED) is 0.494. The third-order valence-corrected chi connectivity index (χ3v) is 4.48. The van der Waals surface area contributed by atoms with E-state index in [0.717, 1.165) is 24.0 Å². The van der Waals surface area contributed by atoms with Crippen LogP contribution in [0.3, 0.4) is 0 Å². The molecule has 1 saturated heterocycles. The van der Waals surface area contributed by atoms with Gasteiger partial charge in [-0.3, -0.25) is 4.79 Å². The Kier molecular flexibility index (Phi) is 7.23. The Morgan fingerprint density at radius 3 is 2.73 bits per heavy atom. The molecular formula is C18H25BN2O5. The molecule has 0 bridgehead atoms. The summed E-state index contributed by atoms with van der Waals surface area (Å²) in [5.74, 6) is -1.07. The number of alkyl carbamates (subject to hydrolysis) is 1. The molecule has 1 aromatic carbocycles. The van der Waals surface area contributed by atoms with Gasteiger partial charge in [0.2, 0.25) is 5.91 Å². The van der Waals surface area contributed by atoms with E-state index in [1.807, 2.05) is 31.2 Å². The van der Waals surface area contributed by atoms with Crippen LogP contribution in [0.4, 0.5) is 4.79 Å². The summed E-state index contributed by atoms with van der Waals surface area (Å²) in [4.78, 5) is 25.4. The molecule has 7 nitrogen and oxygen atoms in total. The van der Waals surface area contributed by atoms with E-state index in [1.165, 1.54) is 6.08 Å². The van der Waals surface area contributed by atoms with Crippen LogP contribution in [0.2, 0.25) is 0 Å². The van der Waals surface area contributed by atoms with Crippen molar-refractivity contribution in [3.8, 4) is 0 Å². The smallest absolute Gasteiger partial charge is 0.447 e. The summed E-state index contributed by atoms with van der Waals surface area (Å²) >= 11 is 0. The van der Waals surface area contributed by atoms with Crippen LogP contribution in [0.15, 0.2) is 36.9 Å². The number of benzene rings is 1. The number of hydrogen-bond acceptors (Lipinski definition) is 5. The Morgan fingerprint density at radius 2 is 2.12 bits per heavy atom. The number of amides is 2. The van der Waals surface area contributed by atoms with Crippen molar-refractivity contribution < 1.29 is 24.4 Å². The van der Waals surface area contributed by atoms with Crippen LogP contribution in [-0.4, -0.2) is 59.2 Å². The van der Waals surface area contributed by atoms with Crippen molar-refractivity contribution in [1.82, 2.24) is 10.2 Å². The molecule has 1 aromatic rings. The molecule has 3 N–H and O–H groups in total. The van der Waals surface area contributed by atoms with E-state index in [-0.39, 0.29) is 25.0 Å². The van der Waals surface area contributed by atoms with Gasteiger partial charge in [0.1, 0.15) is 6.61 Å². The molecule has 0 radical (unpaired) electrons. The molecule has 0 saturated carbocycles. The van der Waals surface area contributed by atoms with E-state index in [2.05, 4.69) is 11.9 Å². The van der Waals surface area contributed by atoms with Crippen LogP contribution in [-0.2, 0) is 16.0 Å². The molecule has 2 atom stereocenters. The molecule has 2 amide bonds. The molecule has 140 valence electrons. The molecular weight excluding hydrogens is 335 g/mol. The fourth-order valence-electron chi connectivity index (χ4n) is 2.99. The highest BCUT2D eigenvalue weighted by atomic mass is 16.5. The number of aryl methyl sites for hydroxylation is 1. The summed E-state index contributed by atoms with van der Waals surface area (Å²) in [6.45, 7) is 6.11. The summed E-state index contributed by atoms with van der Waals surface area (Å²) < 4.78 is 5.19. The second-order valence-electron chi connectivity index (χ2n) is 6.48. The van der Waals surface area contributed by atoms with Gasteiger partial charge in [-0.25, -0.2) is 4.79 Å². The molecule has 0 aromatic heterocycles. The fraction of sp³-hybridized carbons (Fsp3) is 0.444. The van der Waals surface area contributed by atoms with Gasteiger partial charge in [-0.2, -0.15) is 0 Å². The zero-order valence-electron chi connectivity index (χ0n) is 14.9. The molecule has 26 heavy (non-hydrogen) atoms. The number of ether oxygens (including phenoxy) is 1. The second kappa shape index (κ2) is 9.40. The first-order chi connectivity index (χ1) is 12.4. The molecule has 2 rings (SSSR count). The average molecular weight is 360 g/mol. The van der Waals surface area contributed by atoms with Crippen molar-refractivity contribution in [2.45, 2.75) is 38.2 Å². The summed E-state index contributed by atoms with van der Waals surface area (Å²) in [5.41, 5.74) is 1.96. The van der Waals surface area contributed by atoms with Gasteiger partial charge >= 0.3 is 13.2 Å². The molecule has 8 heteroatoms. The first kappa shape index (κ1) is 20.0. The van der Waals surface area contributed by atoms with E-state index in [4.69, 9.17) is 4.74 Å². The number of carbonyl (C=O) groups excluding carboxylic acids is 2. The lowest BCUT2D eigenvalue weighted by atomic mass is 9.76. The largest absolute Gasteiger partial charge is 0.475 e. The minimum Gasteiger partial charge on any atom is -0.447 e. The highest BCUT2D eigenvalue weighted by molar-refractivity contribution is 6.43. The van der Waals surface area contributed by atoms with Gasteiger partial charge in [-0.15, -0.1) is 0 Å². The molecule has 1 aliphatic rings. The van der Waals surface area contributed by atoms with E-state index < -0.39 is 19.2 Å². The number of nitrogens with one attached hydrogen (secondary N) is 1. The first-order valence-electron chi connectivity index (χ1n) is 8.68. The lowest BCUT2D eigenvalue weighted by molar-refractivity contribution is -0.127. The minimum atomic E-state index is -1.71. The normalized spacial score (nSPS) is 17.5. The van der Waals surface area contributed by atoms with Gasteiger partial charge in [0, 0.05) is 6.54 Å². The topological polar surface area (TPSA) is 99.1 Å². The van der Waals surface area contributed by atoms with Crippen molar-refractivity contribution in [2.24, 2.45) is 0 Å². The highest BCUT2D eigenvalue weighted by Crippen LogP contribution is 2.18. The summed E-state index contributed by atoms with van der Waals surface area (Å²) in [6.07, 6.45) is 2.37. The van der Waals surface area contributed by atoms with Crippen molar-refractivity contribution >= 4 is 19.1 Å². The minimum absolute atomic E-state index is 0.0597. The Bertz CT molecular complexity index is 635. The van der Waals surface area contributed by atoms with Gasteiger partial charge in [0.05, 0.1) is 12.0 Å². The van der Waals surface area contributed by atoms with E-state index >= 15 is 0 Å². The highest BCUT2D eigenvalue weighted by Gasteiger charge is 2.30. The monoisotopic (exact) mass is 360 g/mol. The van der Waals surface area contributed by atoms with Gasteiger partial charge in [-0.1, -0.05) is 36.4 Å². The number of hydrogen-bond donors (Lipinski definition) is 3. The Morgan fingerprint density at radius 1 is 1.42 bits per heavy atom. The zero-order chi connectivity index (χ0) is 19.1. The lowest BCUT2D eigenvalue weighted by Crippen LogP contribution is -2.48. The summed E-state index contributed by atoms with van der Waals surface area (Å²) in [7, 11) is -1.71. The maximum absolute atomic E-state index is 12.0. The number of rotatable bonds is 7. The van der Waals surface area contributed by atoms with Crippen LogP contribution < -0.4 is 5.32 Å². The van der Waals surface area contributed by atoms with Crippen molar-refractivity contribution in [1.29, 1.82) is 0 Å². The summed E-state index contributed by atoms with van der Waals surface area (Å²) in [5, 5.41) is 21.5. The lowest BCUT2D eigenvalue weighted by Gasteiger charge is -2.24. The van der Waals surface area contributed by atoms with Crippen LogP contribution in [0.25, 0.3) is 0 Å². The molecule has 0 unspecified atom stereocenters. The van der Waals surface area contributed by atoms with E-state index in [9.17, 15) is 19.6 Å². The van der Waals surface area contributed by atoms with Crippen LogP contribution >= 0.6 is 0 Å². The number of likely N-dealkylation sites (tertiary alicyclic amines) is 1. The van der Waals surface area contributed by atoms with E-state index in [0.29, 0.717) is 6.54 Å². The van der Waals surface area contributed by atoms with Crippen LogP contribution in [0, 0.1) is 6.92 Å². The van der Waals surface area contributed by atoms with E-state index in [1.54, 1.807) is 4.90 Å². The van der Waals surface area contributed by atoms with Crippen molar-refractivity contribution in [3.05, 3.63) is 48.0 Å². The molecule has 1 heterocycles. The third kappa shape index (κ3) is 5.61. The number of nitrogens with zero attached hydrogens (tertiary/aromatic N) is 1. The first-order valence-corrected chi connectivity index (χ1v) is 8.68. The fourth-order valence-corrected chi connectivity index (χ4v) is 2.99. The zero-order valence-corrected chi connectivity index (χ0v) is 14.9. The summed E-state index contributed by atoms with van der Waals surface area (Å²) in [6, 6.07) is 7.39. The standard InChI is InChI=1S/C18H25BN2O5/c1-3-17(22)21-10-4-5-15(21)12-26-18(23)20-16(19(24)25)11-14-8-6-13(2)7-9-14/h3,6-9,15-16,24-25H,1,4-5,10-12H2,2H3,(H,20,23)/t15-,16+/m1/s1. The van der Waals surface area contributed by atoms with Crippen LogP contribution in [0.1, 0.15) is 24.0 Å².